The predicted octanol–water partition coefficient (Wildman–Crippen LogP) is 1.92. The second kappa shape index (κ2) is 3.86. The number of aromatic nitrogens is 2. The number of hydrogen-bond acceptors (Lipinski definition) is 2. The number of nitrogens with two attached hydrogens (primary N) is 1. The summed E-state index contributed by atoms with van der Waals surface area (Å²) in [6.07, 6.45) is 5.29. The van der Waals surface area contributed by atoms with Crippen molar-refractivity contribution in [2.75, 3.05) is 0 Å². The third-order valence-electron chi connectivity index (χ3n) is 2.05. The maximum Gasteiger partial charge on any atom is 0.123 e. The van der Waals surface area contributed by atoms with E-state index in [1.54, 1.807) is 12.5 Å². The molecule has 0 spiro atoms. The molecule has 0 aliphatic carbocycles. The molecule has 4 nitrogen and oxygen atoms in total. The molecule has 2 rings (SSSR count). The van der Waals surface area contributed by atoms with Crippen molar-refractivity contribution in [3.05, 3.63) is 47.0 Å². The van der Waals surface area contributed by atoms with E-state index in [1.807, 2.05) is 29.0 Å². The van der Waals surface area contributed by atoms with Crippen LogP contribution < -0.4 is 5.73 Å². The minimum Gasteiger partial charge on any atom is -0.384 e. The van der Waals surface area contributed by atoms with Gasteiger partial charge in [-0.1, -0.05) is 0 Å². The van der Waals surface area contributed by atoms with E-state index >= 15 is 0 Å². The number of benzene rings is 1. The summed E-state index contributed by atoms with van der Waals surface area (Å²) >= 11 is 3.38. The summed E-state index contributed by atoms with van der Waals surface area (Å²) in [4.78, 5) is 3.97. The lowest BCUT2D eigenvalue weighted by Gasteiger charge is -2.06. The van der Waals surface area contributed by atoms with Crippen molar-refractivity contribution < 1.29 is 0 Å². The fourth-order valence-corrected chi connectivity index (χ4v) is 1.88. The van der Waals surface area contributed by atoms with Crippen LogP contribution in [0.25, 0.3) is 5.69 Å². The maximum atomic E-state index is 7.35. The lowest BCUT2D eigenvalue weighted by Crippen LogP contribution is -2.11. The van der Waals surface area contributed by atoms with Gasteiger partial charge < -0.3 is 10.3 Å². The number of imidazole rings is 1. The topological polar surface area (TPSA) is 67.7 Å². The Balaban J connectivity index is 2.47. The average molecular weight is 265 g/mol. The molecule has 5 heteroatoms. The van der Waals surface area contributed by atoms with Crippen LogP contribution in [-0.2, 0) is 0 Å². The first-order chi connectivity index (χ1) is 7.18. The molecule has 3 N–H and O–H groups in total. The number of halogens is 1. The van der Waals surface area contributed by atoms with Crippen molar-refractivity contribution in [3.63, 3.8) is 0 Å². The molecule has 15 heavy (non-hydrogen) atoms. The van der Waals surface area contributed by atoms with Crippen molar-refractivity contribution >= 4 is 21.8 Å². The minimum absolute atomic E-state index is 0.0547. The molecule has 0 bridgehead atoms. The number of nitrogens with one attached hydrogen (secondary N) is 1. The van der Waals surface area contributed by atoms with Crippen LogP contribution in [0.1, 0.15) is 5.56 Å². The molecule has 0 amide bonds. The fourth-order valence-electron chi connectivity index (χ4n) is 1.29. The van der Waals surface area contributed by atoms with E-state index in [0.717, 1.165) is 10.2 Å². The van der Waals surface area contributed by atoms with Gasteiger partial charge in [-0.25, -0.2) is 4.98 Å². The van der Waals surface area contributed by atoms with Crippen LogP contribution in [0.5, 0.6) is 0 Å². The second-order valence-corrected chi connectivity index (χ2v) is 3.90. The first-order valence-corrected chi connectivity index (χ1v) is 5.10. The van der Waals surface area contributed by atoms with Crippen molar-refractivity contribution in [1.29, 1.82) is 5.41 Å². The van der Waals surface area contributed by atoms with Gasteiger partial charge >= 0.3 is 0 Å². The van der Waals surface area contributed by atoms with Crippen LogP contribution in [0, 0.1) is 5.41 Å². The molecule has 76 valence electrons. The summed E-state index contributed by atoms with van der Waals surface area (Å²) < 4.78 is 2.69. The normalized spacial score (nSPS) is 10.2. The molecule has 1 heterocycles. The predicted molar refractivity (Wildman–Crippen MR) is 62.3 cm³/mol. The van der Waals surface area contributed by atoms with Crippen molar-refractivity contribution in [1.82, 2.24) is 9.55 Å². The fraction of sp³-hybridized carbons (Fsp3) is 0. The highest BCUT2D eigenvalue weighted by molar-refractivity contribution is 9.10. The summed E-state index contributed by atoms with van der Waals surface area (Å²) in [6.45, 7) is 0. The maximum absolute atomic E-state index is 7.35. The van der Waals surface area contributed by atoms with E-state index in [-0.39, 0.29) is 5.84 Å². The first kappa shape index (κ1) is 9.92. The second-order valence-electron chi connectivity index (χ2n) is 3.05. The van der Waals surface area contributed by atoms with Crippen LogP contribution in [0.4, 0.5) is 0 Å². The van der Waals surface area contributed by atoms with Gasteiger partial charge in [0.2, 0.25) is 0 Å². The SMILES string of the molecule is N=C(N)c1ccc(-n2ccnc2)cc1Br. The molecule has 1 aromatic carbocycles. The molecule has 0 aliphatic rings. The molecule has 2 aromatic rings. The van der Waals surface area contributed by atoms with E-state index in [9.17, 15) is 0 Å². The van der Waals surface area contributed by atoms with Crippen molar-refractivity contribution in [2.24, 2.45) is 5.73 Å². The molecule has 0 fully saturated rings. The molecule has 0 saturated carbocycles. The standard InChI is InChI=1S/C10H9BrN4/c11-9-5-7(15-4-3-14-6-15)1-2-8(9)10(12)13/h1-6H,(H3,12,13). The van der Waals surface area contributed by atoms with Gasteiger partial charge in [-0.2, -0.15) is 0 Å². The Kier molecular flexibility index (Phi) is 2.55. The molecule has 1 aromatic heterocycles. The van der Waals surface area contributed by atoms with Crippen molar-refractivity contribution in [2.45, 2.75) is 0 Å². The Morgan fingerprint density at radius 3 is 2.80 bits per heavy atom. The Morgan fingerprint density at radius 2 is 2.27 bits per heavy atom. The summed E-state index contributed by atoms with van der Waals surface area (Å²) in [7, 11) is 0. The Hall–Kier alpha value is -1.62. The van der Waals surface area contributed by atoms with Gasteiger partial charge in [-0.3, -0.25) is 5.41 Å². The first-order valence-electron chi connectivity index (χ1n) is 4.31. The zero-order valence-electron chi connectivity index (χ0n) is 7.81. The third-order valence-corrected chi connectivity index (χ3v) is 2.70. The summed E-state index contributed by atoms with van der Waals surface area (Å²) in [5.41, 5.74) is 7.09. The van der Waals surface area contributed by atoms with Gasteiger partial charge in [0.1, 0.15) is 5.84 Å². The zero-order valence-corrected chi connectivity index (χ0v) is 9.40. The van der Waals surface area contributed by atoms with Crippen molar-refractivity contribution in [3.8, 4) is 5.69 Å². The summed E-state index contributed by atoms with van der Waals surface area (Å²) in [5.74, 6) is 0.0547. The van der Waals surface area contributed by atoms with Crippen LogP contribution in [0.3, 0.4) is 0 Å². The van der Waals surface area contributed by atoms with E-state index < -0.39 is 0 Å². The number of nitrogen functional groups attached to an aromatic ring is 1. The Bertz CT molecular complexity index is 490. The van der Waals surface area contributed by atoms with Gasteiger partial charge in [0.25, 0.3) is 0 Å². The molecule has 0 radical (unpaired) electrons. The quantitative estimate of drug-likeness (QED) is 0.643. The molecule has 0 saturated heterocycles. The minimum atomic E-state index is 0.0547. The Morgan fingerprint density at radius 1 is 1.47 bits per heavy atom. The van der Waals surface area contributed by atoms with Gasteiger partial charge in [0.05, 0.1) is 6.33 Å². The van der Waals surface area contributed by atoms with Gasteiger partial charge in [0.15, 0.2) is 0 Å². The molecule has 0 atom stereocenters. The zero-order chi connectivity index (χ0) is 10.8. The number of amidine groups is 1. The third kappa shape index (κ3) is 1.92. The highest BCUT2D eigenvalue weighted by Crippen LogP contribution is 2.20. The molecule has 0 unspecified atom stereocenters. The van der Waals surface area contributed by atoms with E-state index in [1.165, 1.54) is 0 Å². The monoisotopic (exact) mass is 264 g/mol. The van der Waals surface area contributed by atoms with E-state index in [4.69, 9.17) is 11.1 Å². The average Bonchev–Trinajstić information content (AvgIpc) is 2.69. The lowest BCUT2D eigenvalue weighted by atomic mass is 10.2. The van der Waals surface area contributed by atoms with Gasteiger partial charge in [-0.15, -0.1) is 0 Å². The highest BCUT2D eigenvalue weighted by atomic mass is 79.9. The molecular weight excluding hydrogens is 256 g/mol. The smallest absolute Gasteiger partial charge is 0.123 e. The number of hydrogen-bond donors (Lipinski definition) is 2. The van der Waals surface area contributed by atoms with E-state index in [0.29, 0.717) is 5.56 Å². The lowest BCUT2D eigenvalue weighted by molar-refractivity contribution is 1.05. The van der Waals surface area contributed by atoms with E-state index in [2.05, 4.69) is 20.9 Å². The van der Waals surface area contributed by atoms with Gasteiger partial charge in [-0.05, 0) is 34.1 Å². The van der Waals surface area contributed by atoms with Crippen LogP contribution in [0.15, 0.2) is 41.4 Å². The molecular formula is C10H9BrN4. The van der Waals surface area contributed by atoms with Crippen LogP contribution >= 0.6 is 15.9 Å². The Labute approximate surface area is 95.4 Å². The summed E-state index contributed by atoms with van der Waals surface area (Å²) in [5, 5.41) is 7.35. The van der Waals surface area contributed by atoms with Gasteiger partial charge in [0, 0.05) is 28.1 Å². The highest BCUT2D eigenvalue weighted by Gasteiger charge is 2.04. The largest absolute Gasteiger partial charge is 0.384 e. The van der Waals surface area contributed by atoms with Crippen LogP contribution in [0.2, 0.25) is 0 Å². The molecule has 0 aliphatic heterocycles. The number of rotatable bonds is 2. The summed E-state index contributed by atoms with van der Waals surface area (Å²) in [6, 6.07) is 5.60. The number of nitrogens with zero attached hydrogens (tertiary/aromatic N) is 2. The van der Waals surface area contributed by atoms with Crippen LogP contribution in [-0.4, -0.2) is 15.4 Å².